The van der Waals surface area contributed by atoms with Crippen molar-refractivity contribution < 1.29 is 5.11 Å². The molecule has 0 saturated heterocycles. The summed E-state index contributed by atoms with van der Waals surface area (Å²) in [6, 6.07) is 0.252. The van der Waals surface area contributed by atoms with Gasteiger partial charge in [-0.05, 0) is 33.6 Å². The van der Waals surface area contributed by atoms with Crippen LogP contribution in [0.5, 0.6) is 0 Å². The lowest BCUT2D eigenvalue weighted by atomic mass is 10.0. The molecule has 0 aromatic carbocycles. The van der Waals surface area contributed by atoms with Gasteiger partial charge in [-0.1, -0.05) is 12.8 Å². The number of nitrogens with two attached hydrogens (primary N) is 1. The zero-order valence-corrected chi connectivity index (χ0v) is 11.5. The molecule has 0 radical (unpaired) electrons. The number of anilines is 2. The minimum absolute atomic E-state index is 0.252. The van der Waals surface area contributed by atoms with Crippen molar-refractivity contribution in [2.45, 2.75) is 58.1 Å². The minimum atomic E-state index is -0.577. The maximum Gasteiger partial charge on any atom is 0.148 e. The summed E-state index contributed by atoms with van der Waals surface area (Å²) in [4.78, 5) is 0. The molecule has 102 valence electrons. The average Bonchev–Trinajstić information content (AvgIpc) is 2.84. The molecule has 5 nitrogen and oxygen atoms in total. The van der Waals surface area contributed by atoms with E-state index in [1.807, 2.05) is 11.6 Å². The second kappa shape index (κ2) is 4.80. The number of hydrogen-bond donors (Lipinski definition) is 3. The molecule has 0 unspecified atom stereocenters. The Balaban J connectivity index is 2.13. The van der Waals surface area contributed by atoms with Crippen molar-refractivity contribution in [3.05, 3.63) is 5.69 Å². The predicted molar refractivity (Wildman–Crippen MR) is 73.7 cm³/mol. The Hall–Kier alpha value is -1.23. The SMILES string of the molecule is Cc1nn(C(C)C)c(NCC2(O)CCCC2)c1N. The number of aliphatic hydroxyl groups is 1. The van der Waals surface area contributed by atoms with Gasteiger partial charge in [0.15, 0.2) is 0 Å². The van der Waals surface area contributed by atoms with Crippen LogP contribution >= 0.6 is 0 Å². The first-order valence-corrected chi connectivity index (χ1v) is 6.74. The molecule has 1 heterocycles. The van der Waals surface area contributed by atoms with Crippen molar-refractivity contribution in [2.75, 3.05) is 17.6 Å². The fourth-order valence-electron chi connectivity index (χ4n) is 2.57. The van der Waals surface area contributed by atoms with Crippen LogP contribution in [0.1, 0.15) is 51.3 Å². The third-order valence-corrected chi connectivity index (χ3v) is 3.74. The Kier molecular flexibility index (Phi) is 3.52. The van der Waals surface area contributed by atoms with E-state index in [2.05, 4.69) is 24.3 Å². The molecule has 1 aromatic rings. The smallest absolute Gasteiger partial charge is 0.148 e. The lowest BCUT2D eigenvalue weighted by Crippen LogP contribution is -2.34. The number of aromatic nitrogens is 2. The standard InChI is InChI=1S/C13H24N4O/c1-9(2)17-12(11(14)10(3)16-17)15-8-13(18)6-4-5-7-13/h9,15,18H,4-8,14H2,1-3H3. The Bertz CT molecular complexity index is 419. The van der Waals surface area contributed by atoms with Crippen LogP contribution in [0.3, 0.4) is 0 Å². The molecule has 4 N–H and O–H groups in total. The molecule has 2 rings (SSSR count). The highest BCUT2D eigenvalue weighted by atomic mass is 16.3. The van der Waals surface area contributed by atoms with E-state index < -0.39 is 5.60 Å². The van der Waals surface area contributed by atoms with Gasteiger partial charge < -0.3 is 16.2 Å². The molecule has 18 heavy (non-hydrogen) atoms. The topological polar surface area (TPSA) is 76.1 Å². The van der Waals surface area contributed by atoms with Crippen molar-refractivity contribution in [1.82, 2.24) is 9.78 Å². The molecule has 5 heteroatoms. The van der Waals surface area contributed by atoms with Gasteiger partial charge in [-0.3, -0.25) is 0 Å². The van der Waals surface area contributed by atoms with Crippen molar-refractivity contribution in [3.63, 3.8) is 0 Å². The van der Waals surface area contributed by atoms with E-state index in [0.717, 1.165) is 37.2 Å². The highest BCUT2D eigenvalue weighted by molar-refractivity contribution is 5.65. The van der Waals surface area contributed by atoms with Crippen LogP contribution in [0.15, 0.2) is 0 Å². The van der Waals surface area contributed by atoms with Gasteiger partial charge in [-0.2, -0.15) is 5.10 Å². The van der Waals surface area contributed by atoms with E-state index in [1.54, 1.807) is 0 Å². The van der Waals surface area contributed by atoms with E-state index >= 15 is 0 Å². The number of nitrogens with zero attached hydrogens (tertiary/aromatic N) is 2. The Morgan fingerprint density at radius 2 is 2.06 bits per heavy atom. The van der Waals surface area contributed by atoms with Gasteiger partial charge in [0.25, 0.3) is 0 Å². The Labute approximate surface area is 108 Å². The number of rotatable bonds is 4. The summed E-state index contributed by atoms with van der Waals surface area (Å²) >= 11 is 0. The zero-order chi connectivity index (χ0) is 13.3. The van der Waals surface area contributed by atoms with Crippen LogP contribution in [0.25, 0.3) is 0 Å². The summed E-state index contributed by atoms with van der Waals surface area (Å²) < 4.78 is 1.89. The van der Waals surface area contributed by atoms with Gasteiger partial charge in [0.1, 0.15) is 5.82 Å². The molecule has 0 bridgehead atoms. The largest absolute Gasteiger partial charge is 0.394 e. The van der Waals surface area contributed by atoms with Crippen LogP contribution in [0, 0.1) is 6.92 Å². The van der Waals surface area contributed by atoms with Gasteiger partial charge in [-0.25, -0.2) is 4.68 Å². The summed E-state index contributed by atoms with van der Waals surface area (Å²) in [5.74, 6) is 0.836. The quantitative estimate of drug-likeness (QED) is 0.766. The van der Waals surface area contributed by atoms with Gasteiger partial charge in [0.05, 0.1) is 17.0 Å². The first-order valence-electron chi connectivity index (χ1n) is 6.74. The van der Waals surface area contributed by atoms with Gasteiger partial charge in [0, 0.05) is 12.6 Å². The molecule has 1 aromatic heterocycles. The van der Waals surface area contributed by atoms with Gasteiger partial charge in [-0.15, -0.1) is 0 Å². The van der Waals surface area contributed by atoms with Crippen molar-refractivity contribution in [2.24, 2.45) is 0 Å². The second-order valence-electron chi connectivity index (χ2n) is 5.67. The van der Waals surface area contributed by atoms with E-state index in [1.165, 1.54) is 0 Å². The van der Waals surface area contributed by atoms with Gasteiger partial charge >= 0.3 is 0 Å². The number of nitrogens with one attached hydrogen (secondary N) is 1. The Morgan fingerprint density at radius 1 is 1.44 bits per heavy atom. The second-order valence-corrected chi connectivity index (χ2v) is 5.67. The highest BCUT2D eigenvalue weighted by Gasteiger charge is 2.31. The average molecular weight is 252 g/mol. The van der Waals surface area contributed by atoms with E-state index in [-0.39, 0.29) is 6.04 Å². The third kappa shape index (κ3) is 2.46. The number of nitrogen functional groups attached to an aromatic ring is 1. The molecule has 0 amide bonds. The molecule has 1 fully saturated rings. The minimum Gasteiger partial charge on any atom is -0.394 e. The summed E-state index contributed by atoms with van der Waals surface area (Å²) in [6.07, 6.45) is 3.95. The molecule has 1 aliphatic rings. The maximum absolute atomic E-state index is 10.3. The summed E-state index contributed by atoms with van der Waals surface area (Å²) in [5.41, 5.74) is 6.99. The van der Waals surface area contributed by atoms with Crippen LogP contribution in [-0.2, 0) is 0 Å². The summed E-state index contributed by atoms with van der Waals surface area (Å²) in [6.45, 7) is 6.60. The van der Waals surface area contributed by atoms with Crippen LogP contribution in [0.2, 0.25) is 0 Å². The first kappa shape index (κ1) is 13.2. The van der Waals surface area contributed by atoms with E-state index in [9.17, 15) is 5.11 Å². The lowest BCUT2D eigenvalue weighted by Gasteiger charge is -2.24. The maximum atomic E-state index is 10.3. The summed E-state index contributed by atoms with van der Waals surface area (Å²) in [5, 5.41) is 18.1. The molecule has 0 spiro atoms. The molecule has 1 aliphatic carbocycles. The zero-order valence-electron chi connectivity index (χ0n) is 11.5. The van der Waals surface area contributed by atoms with E-state index in [4.69, 9.17) is 5.73 Å². The first-order chi connectivity index (χ1) is 8.43. The van der Waals surface area contributed by atoms with Crippen LogP contribution in [0.4, 0.5) is 11.5 Å². The molecular formula is C13H24N4O. The normalized spacial score (nSPS) is 18.5. The van der Waals surface area contributed by atoms with Crippen molar-refractivity contribution in [3.8, 4) is 0 Å². The molecule has 1 saturated carbocycles. The predicted octanol–water partition coefficient (Wildman–Crippen LogP) is 2.07. The summed E-state index contributed by atoms with van der Waals surface area (Å²) in [7, 11) is 0. The van der Waals surface area contributed by atoms with Crippen LogP contribution < -0.4 is 11.1 Å². The highest BCUT2D eigenvalue weighted by Crippen LogP contribution is 2.31. The number of hydrogen-bond acceptors (Lipinski definition) is 4. The fraction of sp³-hybridized carbons (Fsp3) is 0.769. The third-order valence-electron chi connectivity index (χ3n) is 3.74. The van der Waals surface area contributed by atoms with Crippen LogP contribution in [-0.4, -0.2) is 27.0 Å². The van der Waals surface area contributed by atoms with E-state index in [0.29, 0.717) is 12.2 Å². The Morgan fingerprint density at radius 3 is 2.61 bits per heavy atom. The number of aryl methyl sites for hydroxylation is 1. The van der Waals surface area contributed by atoms with Crippen molar-refractivity contribution in [1.29, 1.82) is 0 Å². The fourth-order valence-corrected chi connectivity index (χ4v) is 2.57. The molecule has 0 aliphatic heterocycles. The molecular weight excluding hydrogens is 228 g/mol. The van der Waals surface area contributed by atoms with Crippen molar-refractivity contribution >= 4 is 11.5 Å². The lowest BCUT2D eigenvalue weighted by molar-refractivity contribution is 0.0613. The molecule has 0 atom stereocenters. The van der Waals surface area contributed by atoms with Gasteiger partial charge in [0.2, 0.25) is 0 Å². The monoisotopic (exact) mass is 252 g/mol.